The topological polar surface area (TPSA) is 60.7 Å². The van der Waals surface area contributed by atoms with Crippen LogP contribution in [0.4, 0.5) is 0 Å². The van der Waals surface area contributed by atoms with E-state index in [0.29, 0.717) is 0 Å². The Labute approximate surface area is 182 Å². The second-order valence-electron chi connectivity index (χ2n) is 8.41. The average Bonchev–Trinajstić information content (AvgIpc) is 2.77. The Morgan fingerprint density at radius 3 is 1.06 bits per heavy atom. The van der Waals surface area contributed by atoms with E-state index >= 15 is 0 Å². The summed E-state index contributed by atoms with van der Waals surface area (Å²) in [5, 5.41) is 29.0. The first kappa shape index (κ1) is 20.5. The molecule has 0 aromatic heterocycles. The number of hydrogen-bond donors (Lipinski definition) is 3. The molecule has 0 unspecified atom stereocenters. The van der Waals surface area contributed by atoms with Crippen LogP contribution in [0.3, 0.4) is 0 Å². The average molecular weight is 411 g/mol. The van der Waals surface area contributed by atoms with Gasteiger partial charge in [0.05, 0.1) is 0 Å². The van der Waals surface area contributed by atoms with E-state index in [9.17, 15) is 15.3 Å². The summed E-state index contributed by atoms with van der Waals surface area (Å²) in [6.07, 6.45) is 0. The second-order valence-corrected chi connectivity index (χ2v) is 8.41. The third kappa shape index (κ3) is 4.26. The summed E-state index contributed by atoms with van der Waals surface area (Å²) in [4.78, 5) is 0. The molecule has 0 saturated heterocycles. The fourth-order valence-electron chi connectivity index (χ4n) is 4.05. The molecule has 3 heteroatoms. The van der Waals surface area contributed by atoms with Crippen LogP contribution in [0.1, 0.15) is 47.6 Å². The number of hydrogen-bond acceptors (Lipinski definition) is 3. The van der Waals surface area contributed by atoms with E-state index < -0.39 is 0 Å². The van der Waals surface area contributed by atoms with Crippen molar-refractivity contribution in [2.24, 2.45) is 0 Å². The summed E-state index contributed by atoms with van der Waals surface area (Å²) >= 11 is 0. The molecule has 0 radical (unpaired) electrons. The normalized spacial score (nSPS) is 11.6. The van der Waals surface area contributed by atoms with Crippen molar-refractivity contribution in [3.63, 3.8) is 0 Å². The van der Waals surface area contributed by atoms with Crippen LogP contribution in [0.25, 0.3) is 0 Å². The minimum Gasteiger partial charge on any atom is -0.508 e. The fourth-order valence-corrected chi connectivity index (χ4v) is 4.05. The zero-order valence-electron chi connectivity index (χ0n) is 17.7. The number of phenols is 3. The van der Waals surface area contributed by atoms with Crippen LogP contribution >= 0.6 is 0 Å². The lowest BCUT2D eigenvalue weighted by molar-refractivity contribution is 0.474. The Bertz CT molecular complexity index is 1100. The largest absolute Gasteiger partial charge is 0.508 e. The lowest BCUT2D eigenvalue weighted by Gasteiger charge is -2.27. The molecule has 4 rings (SSSR count). The molecular weight excluding hydrogens is 384 g/mol. The van der Waals surface area contributed by atoms with Gasteiger partial charge in [-0.25, -0.2) is 0 Å². The first-order valence-corrected chi connectivity index (χ1v) is 10.3. The van der Waals surface area contributed by atoms with E-state index in [1.54, 1.807) is 36.4 Å². The quantitative estimate of drug-likeness (QED) is 0.338. The molecule has 31 heavy (non-hydrogen) atoms. The van der Waals surface area contributed by atoms with Gasteiger partial charge in [0.2, 0.25) is 0 Å². The third-order valence-corrected chi connectivity index (χ3v) is 6.01. The van der Waals surface area contributed by atoms with Crippen LogP contribution in [-0.4, -0.2) is 15.3 Å². The van der Waals surface area contributed by atoms with Gasteiger partial charge in [-0.1, -0.05) is 74.5 Å². The third-order valence-electron chi connectivity index (χ3n) is 6.01. The lowest BCUT2D eigenvalue weighted by Crippen LogP contribution is -2.18. The maximum Gasteiger partial charge on any atom is 0.115 e. The van der Waals surface area contributed by atoms with Crippen molar-refractivity contribution in [1.29, 1.82) is 0 Å². The number of phenolic OH excluding ortho intramolecular Hbond substituents is 3. The Kier molecular flexibility index (Phi) is 5.43. The summed E-state index contributed by atoms with van der Waals surface area (Å²) in [7, 11) is 0. The van der Waals surface area contributed by atoms with Gasteiger partial charge in [-0.2, -0.15) is 0 Å². The Balaban J connectivity index is 1.73. The summed E-state index contributed by atoms with van der Waals surface area (Å²) in [6.45, 7) is 4.34. The standard InChI is InChI=1S/C28H26O3/c1-28(2,23-11-17-26(31)18-12-23)22-9-3-19(4-10-22)27(20-5-13-24(29)14-6-20)21-7-15-25(30)16-8-21/h3-18,27,29-31H,1-2H3. The van der Waals surface area contributed by atoms with Crippen LogP contribution in [0.2, 0.25) is 0 Å². The number of benzene rings is 4. The summed E-state index contributed by atoms with van der Waals surface area (Å²) in [6, 6.07) is 30.5. The first-order valence-electron chi connectivity index (χ1n) is 10.3. The van der Waals surface area contributed by atoms with Crippen molar-refractivity contribution in [1.82, 2.24) is 0 Å². The minimum atomic E-state index is -0.210. The van der Waals surface area contributed by atoms with Crippen LogP contribution in [0.15, 0.2) is 97.1 Å². The molecule has 0 amide bonds. The number of rotatable bonds is 5. The van der Waals surface area contributed by atoms with Gasteiger partial charge in [0.15, 0.2) is 0 Å². The maximum atomic E-state index is 9.72. The molecule has 4 aromatic carbocycles. The van der Waals surface area contributed by atoms with Gasteiger partial charge in [-0.05, 0) is 64.2 Å². The van der Waals surface area contributed by atoms with Crippen LogP contribution < -0.4 is 0 Å². The highest BCUT2D eigenvalue weighted by Gasteiger charge is 2.24. The minimum absolute atomic E-state index is 0.0213. The summed E-state index contributed by atoms with van der Waals surface area (Å²) in [5.74, 6) is 0.714. The van der Waals surface area contributed by atoms with E-state index in [4.69, 9.17) is 0 Å². The Morgan fingerprint density at radius 2 is 0.710 bits per heavy atom. The molecule has 0 aliphatic heterocycles. The highest BCUT2D eigenvalue weighted by molar-refractivity contribution is 5.48. The zero-order valence-corrected chi connectivity index (χ0v) is 17.7. The van der Waals surface area contributed by atoms with Gasteiger partial charge in [0.25, 0.3) is 0 Å². The molecule has 0 aliphatic rings. The van der Waals surface area contributed by atoms with Crippen molar-refractivity contribution in [3.8, 4) is 17.2 Å². The molecule has 0 bridgehead atoms. The van der Waals surface area contributed by atoms with E-state index in [1.165, 1.54) is 5.56 Å². The second kappa shape index (κ2) is 8.19. The fraction of sp³-hybridized carbons (Fsp3) is 0.143. The predicted octanol–water partition coefficient (Wildman–Crippen LogP) is 6.31. The SMILES string of the molecule is CC(C)(c1ccc(O)cc1)c1ccc(C(c2ccc(O)cc2)c2ccc(O)cc2)cc1. The Hall–Kier alpha value is -3.72. The van der Waals surface area contributed by atoms with Crippen LogP contribution in [0, 0.1) is 0 Å². The molecule has 0 heterocycles. The van der Waals surface area contributed by atoms with Gasteiger partial charge >= 0.3 is 0 Å². The maximum absolute atomic E-state index is 9.72. The molecule has 4 aromatic rings. The molecule has 3 N–H and O–H groups in total. The predicted molar refractivity (Wildman–Crippen MR) is 124 cm³/mol. The van der Waals surface area contributed by atoms with Crippen LogP contribution in [0.5, 0.6) is 17.2 Å². The van der Waals surface area contributed by atoms with Crippen molar-refractivity contribution in [2.45, 2.75) is 25.2 Å². The molecule has 0 fully saturated rings. The summed E-state index contributed by atoms with van der Waals surface area (Å²) in [5.41, 5.74) is 5.35. The van der Waals surface area contributed by atoms with Crippen molar-refractivity contribution in [3.05, 3.63) is 125 Å². The monoisotopic (exact) mass is 410 g/mol. The van der Waals surface area contributed by atoms with E-state index in [1.807, 2.05) is 36.4 Å². The molecule has 156 valence electrons. The van der Waals surface area contributed by atoms with E-state index in [2.05, 4.69) is 38.1 Å². The molecule has 0 saturated carbocycles. The smallest absolute Gasteiger partial charge is 0.115 e. The van der Waals surface area contributed by atoms with Crippen LogP contribution in [-0.2, 0) is 5.41 Å². The first-order chi connectivity index (χ1) is 14.8. The lowest BCUT2D eigenvalue weighted by atomic mass is 9.77. The zero-order chi connectivity index (χ0) is 22.0. The molecule has 0 atom stereocenters. The van der Waals surface area contributed by atoms with Gasteiger partial charge in [0.1, 0.15) is 17.2 Å². The molecule has 0 spiro atoms. The number of aromatic hydroxyl groups is 3. The van der Waals surface area contributed by atoms with Gasteiger partial charge in [-0.15, -0.1) is 0 Å². The highest BCUT2D eigenvalue weighted by atomic mass is 16.3. The highest BCUT2D eigenvalue weighted by Crippen LogP contribution is 2.37. The molecule has 0 aliphatic carbocycles. The van der Waals surface area contributed by atoms with Crippen molar-refractivity contribution in [2.75, 3.05) is 0 Å². The van der Waals surface area contributed by atoms with E-state index in [0.717, 1.165) is 22.3 Å². The van der Waals surface area contributed by atoms with Crippen molar-refractivity contribution < 1.29 is 15.3 Å². The van der Waals surface area contributed by atoms with Gasteiger partial charge < -0.3 is 15.3 Å². The van der Waals surface area contributed by atoms with Gasteiger partial charge in [-0.3, -0.25) is 0 Å². The van der Waals surface area contributed by atoms with Gasteiger partial charge in [0, 0.05) is 11.3 Å². The molecular formula is C28H26O3. The Morgan fingerprint density at radius 1 is 0.452 bits per heavy atom. The van der Waals surface area contributed by atoms with Crippen molar-refractivity contribution >= 4 is 0 Å². The summed E-state index contributed by atoms with van der Waals surface area (Å²) < 4.78 is 0. The van der Waals surface area contributed by atoms with E-state index in [-0.39, 0.29) is 28.6 Å². The molecule has 3 nitrogen and oxygen atoms in total.